The summed E-state index contributed by atoms with van der Waals surface area (Å²) in [6.07, 6.45) is 0. The summed E-state index contributed by atoms with van der Waals surface area (Å²) in [5, 5.41) is 1.94. The van der Waals surface area contributed by atoms with Crippen molar-refractivity contribution in [1.82, 2.24) is 0 Å². The molecule has 212 valence electrons. The number of aryl methyl sites for hydroxylation is 2. The zero-order valence-corrected chi connectivity index (χ0v) is 24.0. The van der Waals surface area contributed by atoms with Crippen molar-refractivity contribution in [2.75, 3.05) is 7.11 Å². The number of ether oxygens (including phenoxy) is 3. The molecule has 0 unspecified atom stereocenters. The van der Waals surface area contributed by atoms with Crippen LogP contribution in [0.15, 0.2) is 95.4 Å². The Morgan fingerprint density at radius 1 is 0.628 bits per heavy atom. The molecule has 0 saturated carbocycles. The molecule has 0 amide bonds. The summed E-state index contributed by atoms with van der Waals surface area (Å²) in [5.74, 6) is 0.841. The molecular formula is C37H28O6. The lowest BCUT2D eigenvalue weighted by Crippen LogP contribution is -2.21. The Balaban J connectivity index is 1.37. The molecule has 1 aliphatic carbocycles. The third kappa shape index (κ3) is 4.52. The lowest BCUT2D eigenvalue weighted by Gasteiger charge is -2.19. The predicted molar refractivity (Wildman–Crippen MR) is 165 cm³/mol. The molecule has 0 bridgehead atoms. The summed E-state index contributed by atoms with van der Waals surface area (Å²) in [4.78, 5) is 28.2. The van der Waals surface area contributed by atoms with E-state index < -0.39 is 0 Å². The first-order valence-corrected chi connectivity index (χ1v) is 14.1. The van der Waals surface area contributed by atoms with Crippen LogP contribution in [0.4, 0.5) is 0 Å². The van der Waals surface area contributed by atoms with Gasteiger partial charge in [0.1, 0.15) is 36.0 Å². The van der Waals surface area contributed by atoms with E-state index >= 15 is 0 Å². The minimum Gasteiger partial charge on any atom is -0.496 e. The van der Waals surface area contributed by atoms with Gasteiger partial charge in [-0.25, -0.2) is 0 Å². The number of fused-ring (bicyclic) bond motifs is 6. The summed E-state index contributed by atoms with van der Waals surface area (Å²) < 4.78 is 24.6. The fraction of sp³-hybridized carbons (Fsp3) is 0.135. The maximum Gasteiger partial charge on any atom is 0.233 e. The maximum absolute atomic E-state index is 14.1. The molecule has 0 saturated heterocycles. The molecule has 0 aliphatic heterocycles. The number of rotatable bonds is 7. The van der Waals surface area contributed by atoms with Gasteiger partial charge in [0, 0.05) is 16.3 Å². The van der Waals surface area contributed by atoms with E-state index in [1.54, 1.807) is 25.3 Å². The Bertz CT molecular complexity index is 2050. The van der Waals surface area contributed by atoms with E-state index in [1.165, 1.54) is 0 Å². The molecule has 43 heavy (non-hydrogen) atoms. The first kappa shape index (κ1) is 26.5. The Kier molecular flexibility index (Phi) is 6.47. The zero-order chi connectivity index (χ0) is 29.7. The highest BCUT2D eigenvalue weighted by Crippen LogP contribution is 2.46. The molecule has 6 aromatic rings. The number of benzene rings is 5. The number of carbonyl (C=O) groups is 2. The van der Waals surface area contributed by atoms with E-state index in [0.29, 0.717) is 51.2 Å². The van der Waals surface area contributed by atoms with Crippen LogP contribution in [0.5, 0.6) is 17.2 Å². The van der Waals surface area contributed by atoms with Gasteiger partial charge < -0.3 is 18.6 Å². The zero-order valence-electron chi connectivity index (χ0n) is 24.0. The number of furan rings is 1. The molecule has 0 N–H and O–H groups in total. The third-order valence-corrected chi connectivity index (χ3v) is 7.80. The number of hydrogen-bond acceptors (Lipinski definition) is 6. The molecule has 1 aliphatic rings. The highest BCUT2D eigenvalue weighted by Gasteiger charge is 2.38. The van der Waals surface area contributed by atoms with E-state index in [9.17, 15) is 9.59 Å². The van der Waals surface area contributed by atoms with Gasteiger partial charge in [-0.1, -0.05) is 60.7 Å². The SMILES string of the molecule is COc1cc2c3c(oc2c2cc(C)cc(OCc4ccccc4)c12)C(=O)c1c(OCc2ccccc2)cc(C)cc1C3=O. The Labute approximate surface area is 248 Å². The van der Waals surface area contributed by atoms with Gasteiger partial charge in [0.2, 0.25) is 5.78 Å². The Morgan fingerprint density at radius 2 is 1.23 bits per heavy atom. The highest BCUT2D eigenvalue weighted by atomic mass is 16.5. The molecule has 6 heteroatoms. The molecule has 0 radical (unpaired) electrons. The number of carbonyl (C=O) groups excluding carboxylic acids is 2. The minimum absolute atomic E-state index is 0.00345. The van der Waals surface area contributed by atoms with E-state index in [-0.39, 0.29) is 35.1 Å². The quantitative estimate of drug-likeness (QED) is 0.193. The molecule has 7 rings (SSSR count). The second-order valence-electron chi connectivity index (χ2n) is 10.8. The minimum atomic E-state index is -0.385. The summed E-state index contributed by atoms with van der Waals surface area (Å²) in [6.45, 7) is 4.48. The van der Waals surface area contributed by atoms with Crippen LogP contribution >= 0.6 is 0 Å². The van der Waals surface area contributed by atoms with Crippen molar-refractivity contribution in [3.05, 3.63) is 136 Å². The van der Waals surface area contributed by atoms with Gasteiger partial charge in [-0.15, -0.1) is 0 Å². The van der Waals surface area contributed by atoms with Crippen molar-refractivity contribution in [2.24, 2.45) is 0 Å². The molecular weight excluding hydrogens is 540 g/mol. The third-order valence-electron chi connectivity index (χ3n) is 7.80. The van der Waals surface area contributed by atoms with Gasteiger partial charge in [0.25, 0.3) is 0 Å². The summed E-state index contributed by atoms with van der Waals surface area (Å²) in [7, 11) is 1.58. The van der Waals surface area contributed by atoms with Gasteiger partial charge in [0.05, 0.1) is 23.6 Å². The standard InChI is InChI=1S/C37H28O6/c1-21-14-25-32(30(17-21)42-20-24-12-8-5-9-13-24)35(39)37-33(34(25)38)27-18-28(40-3)31-26(36(27)43-37)15-22(2)16-29(31)41-19-23-10-6-4-7-11-23/h4-18H,19-20H2,1-3H3. The van der Waals surface area contributed by atoms with Gasteiger partial charge in [0.15, 0.2) is 11.5 Å². The van der Waals surface area contributed by atoms with E-state index in [2.05, 4.69) is 0 Å². The lowest BCUT2D eigenvalue weighted by atomic mass is 9.85. The van der Waals surface area contributed by atoms with Crippen LogP contribution in [0.1, 0.15) is 54.3 Å². The smallest absolute Gasteiger partial charge is 0.233 e. The normalized spacial score (nSPS) is 12.3. The van der Waals surface area contributed by atoms with Crippen LogP contribution in [0.25, 0.3) is 21.7 Å². The Hall–Kier alpha value is -5.36. The second-order valence-corrected chi connectivity index (χ2v) is 10.8. The summed E-state index contributed by atoms with van der Waals surface area (Å²) in [6, 6.07) is 28.8. The second kappa shape index (κ2) is 10.5. The van der Waals surface area contributed by atoms with Crippen LogP contribution in [-0.2, 0) is 13.2 Å². The van der Waals surface area contributed by atoms with Crippen LogP contribution in [-0.4, -0.2) is 18.7 Å². The van der Waals surface area contributed by atoms with Crippen LogP contribution < -0.4 is 14.2 Å². The van der Waals surface area contributed by atoms with E-state index in [0.717, 1.165) is 22.3 Å². The van der Waals surface area contributed by atoms with E-state index in [4.69, 9.17) is 18.6 Å². The number of hydrogen-bond donors (Lipinski definition) is 0. The fourth-order valence-electron chi connectivity index (χ4n) is 5.83. The summed E-state index contributed by atoms with van der Waals surface area (Å²) in [5.41, 5.74) is 4.94. The van der Waals surface area contributed by atoms with Gasteiger partial charge in [-0.05, 0) is 66.4 Å². The van der Waals surface area contributed by atoms with Crippen molar-refractivity contribution < 1.29 is 28.2 Å². The monoisotopic (exact) mass is 568 g/mol. The topological polar surface area (TPSA) is 75.0 Å². The van der Waals surface area contributed by atoms with Crippen LogP contribution in [0.2, 0.25) is 0 Å². The lowest BCUT2D eigenvalue weighted by molar-refractivity contribution is 0.0958. The van der Waals surface area contributed by atoms with Crippen molar-refractivity contribution in [2.45, 2.75) is 27.1 Å². The molecule has 0 atom stereocenters. The van der Waals surface area contributed by atoms with Crippen LogP contribution in [0.3, 0.4) is 0 Å². The highest BCUT2D eigenvalue weighted by molar-refractivity contribution is 6.33. The molecule has 0 fully saturated rings. The van der Waals surface area contributed by atoms with Crippen molar-refractivity contribution in [3.63, 3.8) is 0 Å². The number of methoxy groups -OCH3 is 1. The molecule has 5 aromatic carbocycles. The Morgan fingerprint density at radius 3 is 1.88 bits per heavy atom. The fourth-order valence-corrected chi connectivity index (χ4v) is 5.83. The van der Waals surface area contributed by atoms with Gasteiger partial charge in [-0.3, -0.25) is 9.59 Å². The van der Waals surface area contributed by atoms with Crippen molar-refractivity contribution >= 4 is 33.3 Å². The van der Waals surface area contributed by atoms with Gasteiger partial charge in [-0.2, -0.15) is 0 Å². The predicted octanol–water partition coefficient (Wildman–Crippen LogP) is 8.14. The molecule has 1 aromatic heterocycles. The van der Waals surface area contributed by atoms with Crippen molar-refractivity contribution in [1.29, 1.82) is 0 Å². The largest absolute Gasteiger partial charge is 0.496 e. The average molecular weight is 569 g/mol. The molecule has 1 heterocycles. The summed E-state index contributed by atoms with van der Waals surface area (Å²) >= 11 is 0. The maximum atomic E-state index is 14.1. The van der Waals surface area contributed by atoms with Gasteiger partial charge >= 0.3 is 0 Å². The van der Waals surface area contributed by atoms with E-state index in [1.807, 2.05) is 86.6 Å². The van der Waals surface area contributed by atoms with Crippen molar-refractivity contribution in [3.8, 4) is 17.2 Å². The first-order valence-electron chi connectivity index (χ1n) is 14.1. The van der Waals surface area contributed by atoms with Crippen LogP contribution in [0, 0.1) is 13.8 Å². The first-order chi connectivity index (χ1) is 20.9. The average Bonchev–Trinajstić information content (AvgIpc) is 3.42. The molecule has 6 nitrogen and oxygen atoms in total. The molecule has 0 spiro atoms. The number of ketones is 2.